The third-order valence-electron chi connectivity index (χ3n) is 2.51. The second-order valence-electron chi connectivity index (χ2n) is 4.12. The normalized spacial score (nSPS) is 9.82. The molecule has 2 heterocycles. The third kappa shape index (κ3) is 4.75. The molecule has 3 amide bonds. The van der Waals surface area contributed by atoms with Gasteiger partial charge in [0, 0.05) is 12.4 Å². The van der Waals surface area contributed by atoms with Crippen LogP contribution in [0.25, 0.3) is 0 Å². The lowest BCUT2D eigenvalue weighted by molar-refractivity contribution is -0.123. The Bertz CT molecular complexity index is 640. The van der Waals surface area contributed by atoms with Crippen molar-refractivity contribution in [1.29, 1.82) is 0 Å². The first-order valence-corrected chi connectivity index (χ1v) is 6.32. The first kappa shape index (κ1) is 15.2. The summed E-state index contributed by atoms with van der Waals surface area (Å²) in [5, 5.41) is 4.45. The molecule has 0 bridgehead atoms. The van der Waals surface area contributed by atoms with E-state index in [-0.39, 0.29) is 12.1 Å². The minimum atomic E-state index is -0.737. The number of ether oxygens (including phenoxy) is 1. The highest BCUT2D eigenvalue weighted by Crippen LogP contribution is 1.99. The molecule has 22 heavy (non-hydrogen) atoms. The summed E-state index contributed by atoms with van der Waals surface area (Å²) in [6.45, 7) is -0.418. The number of hydrogen-bond acceptors (Lipinski definition) is 6. The number of carbonyl (C=O) groups excluding carboxylic acids is 3. The van der Waals surface area contributed by atoms with Crippen LogP contribution in [0.15, 0.2) is 47.3 Å². The van der Waals surface area contributed by atoms with E-state index in [2.05, 4.69) is 10.3 Å². The Kier molecular flexibility index (Phi) is 5.25. The van der Waals surface area contributed by atoms with E-state index in [0.29, 0.717) is 5.76 Å². The van der Waals surface area contributed by atoms with Crippen LogP contribution in [0.1, 0.15) is 16.1 Å². The van der Waals surface area contributed by atoms with Gasteiger partial charge in [0.05, 0.1) is 18.4 Å². The summed E-state index contributed by atoms with van der Waals surface area (Å²) < 4.78 is 9.78. The number of urea groups is 1. The van der Waals surface area contributed by atoms with Gasteiger partial charge >= 0.3 is 12.0 Å². The molecule has 0 aliphatic heterocycles. The highest BCUT2D eigenvalue weighted by Gasteiger charge is 2.12. The number of nitrogens with one attached hydrogen (secondary N) is 2. The smallest absolute Gasteiger partial charge is 0.338 e. The highest BCUT2D eigenvalue weighted by atomic mass is 16.5. The quantitative estimate of drug-likeness (QED) is 0.792. The second kappa shape index (κ2) is 7.58. The summed E-state index contributed by atoms with van der Waals surface area (Å²) >= 11 is 0. The van der Waals surface area contributed by atoms with Crippen LogP contribution in [-0.4, -0.2) is 29.5 Å². The Hall–Kier alpha value is -3.16. The zero-order valence-electron chi connectivity index (χ0n) is 11.4. The molecule has 2 N–H and O–H groups in total. The van der Waals surface area contributed by atoms with Crippen LogP contribution in [0.2, 0.25) is 0 Å². The summed E-state index contributed by atoms with van der Waals surface area (Å²) in [6.07, 6.45) is 4.33. The van der Waals surface area contributed by atoms with Gasteiger partial charge in [-0.2, -0.15) is 0 Å². The number of furan rings is 1. The lowest BCUT2D eigenvalue weighted by atomic mass is 10.3. The molecule has 0 spiro atoms. The summed E-state index contributed by atoms with van der Waals surface area (Å²) in [5.74, 6) is -0.861. The molecule has 2 aromatic heterocycles. The van der Waals surface area contributed by atoms with Crippen LogP contribution in [0, 0.1) is 0 Å². The first-order chi connectivity index (χ1) is 10.6. The van der Waals surface area contributed by atoms with Crippen molar-refractivity contribution in [1.82, 2.24) is 15.6 Å². The van der Waals surface area contributed by atoms with E-state index in [4.69, 9.17) is 9.15 Å². The Labute approximate surface area is 125 Å². The molecule has 0 saturated carbocycles. The monoisotopic (exact) mass is 303 g/mol. The maximum atomic E-state index is 11.6. The summed E-state index contributed by atoms with van der Waals surface area (Å²) in [6, 6.07) is 5.56. The minimum Gasteiger partial charge on any atom is -0.467 e. The summed E-state index contributed by atoms with van der Waals surface area (Å²) in [7, 11) is 0. The Morgan fingerprint density at radius 1 is 1.18 bits per heavy atom. The molecule has 0 unspecified atom stereocenters. The summed E-state index contributed by atoms with van der Waals surface area (Å²) in [5.41, 5.74) is 0.269. The lowest BCUT2D eigenvalue weighted by Crippen LogP contribution is -2.41. The molecule has 0 aromatic carbocycles. The van der Waals surface area contributed by atoms with Crippen molar-refractivity contribution in [3.63, 3.8) is 0 Å². The van der Waals surface area contributed by atoms with Gasteiger partial charge in [-0.25, -0.2) is 9.59 Å². The predicted octanol–water partition coefficient (Wildman–Crippen LogP) is 0.857. The van der Waals surface area contributed by atoms with Gasteiger partial charge in [-0.1, -0.05) is 0 Å². The van der Waals surface area contributed by atoms with Crippen LogP contribution in [-0.2, 0) is 16.1 Å². The fourth-order valence-electron chi connectivity index (χ4n) is 1.49. The Morgan fingerprint density at radius 2 is 1.95 bits per heavy atom. The second-order valence-corrected chi connectivity index (χ2v) is 4.12. The van der Waals surface area contributed by atoms with E-state index in [9.17, 15) is 14.4 Å². The Morgan fingerprint density at radius 3 is 2.64 bits per heavy atom. The van der Waals surface area contributed by atoms with E-state index in [1.807, 2.05) is 5.32 Å². The fourth-order valence-corrected chi connectivity index (χ4v) is 1.49. The van der Waals surface area contributed by atoms with E-state index in [1.54, 1.807) is 12.1 Å². The standard InChI is InChI=1S/C14H13N3O5/c18-12(9-22-13(19)10-3-5-15-6-4-10)17-14(20)16-8-11-2-1-7-21-11/h1-7H,8-9H2,(H2,16,17,18,20). The topological polar surface area (TPSA) is 111 Å². The number of esters is 1. The average molecular weight is 303 g/mol. The van der Waals surface area contributed by atoms with Crippen LogP contribution in [0.3, 0.4) is 0 Å². The molecule has 8 nitrogen and oxygen atoms in total. The van der Waals surface area contributed by atoms with E-state index < -0.39 is 24.5 Å². The molecule has 0 saturated heterocycles. The predicted molar refractivity (Wildman–Crippen MR) is 73.6 cm³/mol. The highest BCUT2D eigenvalue weighted by molar-refractivity contribution is 5.96. The molecule has 0 aliphatic rings. The summed E-state index contributed by atoms with van der Waals surface area (Å²) in [4.78, 5) is 38.2. The van der Waals surface area contributed by atoms with Crippen LogP contribution in [0.5, 0.6) is 0 Å². The number of aromatic nitrogens is 1. The van der Waals surface area contributed by atoms with Crippen molar-refractivity contribution in [3.05, 3.63) is 54.2 Å². The number of hydrogen-bond donors (Lipinski definition) is 2. The van der Waals surface area contributed by atoms with Gasteiger partial charge in [0.15, 0.2) is 6.61 Å². The number of imide groups is 1. The molecular weight excluding hydrogens is 290 g/mol. The van der Waals surface area contributed by atoms with Gasteiger partial charge in [-0.3, -0.25) is 15.1 Å². The molecule has 0 aliphatic carbocycles. The zero-order chi connectivity index (χ0) is 15.8. The lowest BCUT2D eigenvalue weighted by Gasteiger charge is -2.06. The molecular formula is C14H13N3O5. The van der Waals surface area contributed by atoms with Gasteiger partial charge < -0.3 is 14.5 Å². The molecule has 114 valence electrons. The van der Waals surface area contributed by atoms with Gasteiger partial charge in [-0.05, 0) is 24.3 Å². The number of pyridine rings is 1. The first-order valence-electron chi connectivity index (χ1n) is 6.32. The van der Waals surface area contributed by atoms with Crippen molar-refractivity contribution in [3.8, 4) is 0 Å². The maximum Gasteiger partial charge on any atom is 0.338 e. The molecule has 0 radical (unpaired) electrons. The van der Waals surface area contributed by atoms with E-state index >= 15 is 0 Å². The molecule has 2 aromatic rings. The van der Waals surface area contributed by atoms with Crippen molar-refractivity contribution in [2.45, 2.75) is 6.54 Å². The van der Waals surface area contributed by atoms with Crippen molar-refractivity contribution < 1.29 is 23.5 Å². The maximum absolute atomic E-state index is 11.6. The molecule has 2 rings (SSSR count). The third-order valence-corrected chi connectivity index (χ3v) is 2.51. The molecule has 8 heteroatoms. The average Bonchev–Trinajstić information content (AvgIpc) is 3.05. The fraction of sp³-hybridized carbons (Fsp3) is 0.143. The van der Waals surface area contributed by atoms with Gasteiger partial charge in [-0.15, -0.1) is 0 Å². The van der Waals surface area contributed by atoms with Gasteiger partial charge in [0.1, 0.15) is 5.76 Å². The van der Waals surface area contributed by atoms with Gasteiger partial charge in [0.2, 0.25) is 0 Å². The number of rotatable bonds is 5. The van der Waals surface area contributed by atoms with Crippen LogP contribution >= 0.6 is 0 Å². The van der Waals surface area contributed by atoms with Gasteiger partial charge in [0.25, 0.3) is 5.91 Å². The van der Waals surface area contributed by atoms with E-state index in [0.717, 1.165) is 0 Å². The molecule has 0 atom stereocenters. The van der Waals surface area contributed by atoms with Crippen molar-refractivity contribution in [2.75, 3.05) is 6.61 Å². The van der Waals surface area contributed by atoms with Crippen LogP contribution < -0.4 is 10.6 Å². The minimum absolute atomic E-state index is 0.142. The number of carbonyl (C=O) groups is 3. The largest absolute Gasteiger partial charge is 0.467 e. The SMILES string of the molecule is O=C(COC(=O)c1ccncc1)NC(=O)NCc1ccco1. The van der Waals surface area contributed by atoms with Crippen molar-refractivity contribution >= 4 is 17.9 Å². The number of nitrogens with zero attached hydrogens (tertiary/aromatic N) is 1. The zero-order valence-corrected chi connectivity index (χ0v) is 11.4. The molecule has 0 fully saturated rings. The van der Waals surface area contributed by atoms with E-state index in [1.165, 1.54) is 30.8 Å². The van der Waals surface area contributed by atoms with Crippen LogP contribution in [0.4, 0.5) is 4.79 Å². The van der Waals surface area contributed by atoms with Crippen molar-refractivity contribution in [2.24, 2.45) is 0 Å². The Balaban J connectivity index is 1.69. The number of amides is 3.